The van der Waals surface area contributed by atoms with Gasteiger partial charge in [0, 0.05) is 43.6 Å². The lowest BCUT2D eigenvalue weighted by Gasteiger charge is -2.16. The number of hydrogen-bond acceptors (Lipinski definition) is 3. The number of amides is 1. The molecule has 2 aromatic rings. The maximum atomic E-state index is 12.2. The smallest absolute Gasteiger partial charge is 0.223 e. The van der Waals surface area contributed by atoms with Crippen molar-refractivity contribution in [2.75, 3.05) is 7.05 Å². The fourth-order valence-electron chi connectivity index (χ4n) is 2.75. The summed E-state index contributed by atoms with van der Waals surface area (Å²) in [4.78, 5) is 14.0. The summed E-state index contributed by atoms with van der Waals surface area (Å²) in [5.74, 6) is 3.45. The Hall–Kier alpha value is -2.04. The number of aromatic amines is 1. The van der Waals surface area contributed by atoms with Crippen LogP contribution in [-0.2, 0) is 17.8 Å². The summed E-state index contributed by atoms with van der Waals surface area (Å²) >= 11 is 0. The van der Waals surface area contributed by atoms with Crippen LogP contribution in [0.5, 0.6) is 0 Å². The number of carbonyl (C=O) groups excluding carboxylic acids is 1. The van der Waals surface area contributed by atoms with E-state index >= 15 is 0 Å². The average Bonchev–Trinajstić information content (AvgIpc) is 2.89. The van der Waals surface area contributed by atoms with Gasteiger partial charge in [0.1, 0.15) is 11.5 Å². The molecule has 0 saturated heterocycles. The van der Waals surface area contributed by atoms with Crippen LogP contribution in [0.1, 0.15) is 48.5 Å². The van der Waals surface area contributed by atoms with E-state index in [0.29, 0.717) is 25.3 Å². The predicted octanol–water partition coefficient (Wildman–Crippen LogP) is 3.03. The first kappa shape index (κ1) is 14.9. The highest BCUT2D eigenvalue weighted by molar-refractivity contribution is 5.76. The van der Waals surface area contributed by atoms with Crippen LogP contribution in [0.2, 0.25) is 0 Å². The minimum Gasteiger partial charge on any atom is -0.466 e. The van der Waals surface area contributed by atoms with Crippen LogP contribution in [0.4, 0.5) is 0 Å². The van der Waals surface area contributed by atoms with Gasteiger partial charge in [0.25, 0.3) is 0 Å². The van der Waals surface area contributed by atoms with Crippen LogP contribution < -0.4 is 0 Å². The maximum absolute atomic E-state index is 12.2. The number of H-pyrrole nitrogens is 1. The van der Waals surface area contributed by atoms with Gasteiger partial charge in [-0.05, 0) is 31.4 Å². The van der Waals surface area contributed by atoms with Gasteiger partial charge in [-0.25, -0.2) is 0 Å². The van der Waals surface area contributed by atoms with E-state index in [1.165, 1.54) is 6.42 Å². The zero-order chi connectivity index (χ0) is 15.7. The second-order valence-electron chi connectivity index (χ2n) is 6.39. The van der Waals surface area contributed by atoms with E-state index < -0.39 is 0 Å². The van der Waals surface area contributed by atoms with Crippen molar-refractivity contribution in [3.63, 3.8) is 0 Å². The Labute approximate surface area is 130 Å². The highest BCUT2D eigenvalue weighted by atomic mass is 16.3. The summed E-state index contributed by atoms with van der Waals surface area (Å²) in [6.07, 6.45) is 4.13. The van der Waals surface area contributed by atoms with E-state index in [1.54, 1.807) is 11.1 Å². The van der Waals surface area contributed by atoms with Gasteiger partial charge in [-0.1, -0.05) is 6.92 Å². The molecule has 2 unspecified atom stereocenters. The molecule has 1 aliphatic rings. The Balaban J connectivity index is 1.49. The average molecular weight is 301 g/mol. The van der Waals surface area contributed by atoms with Gasteiger partial charge in [-0.15, -0.1) is 0 Å². The van der Waals surface area contributed by atoms with Gasteiger partial charge in [-0.3, -0.25) is 9.89 Å². The molecule has 5 heteroatoms. The van der Waals surface area contributed by atoms with E-state index in [1.807, 2.05) is 20.0 Å². The maximum Gasteiger partial charge on any atom is 0.223 e. The molecule has 0 aromatic carbocycles. The van der Waals surface area contributed by atoms with Crippen molar-refractivity contribution in [1.82, 2.24) is 15.1 Å². The lowest BCUT2D eigenvalue weighted by molar-refractivity contribution is -0.130. The second kappa shape index (κ2) is 5.99. The number of furan rings is 1. The third kappa shape index (κ3) is 3.24. The summed E-state index contributed by atoms with van der Waals surface area (Å²) in [6.45, 7) is 4.79. The molecule has 0 radical (unpaired) electrons. The van der Waals surface area contributed by atoms with Crippen molar-refractivity contribution < 1.29 is 9.21 Å². The zero-order valence-electron chi connectivity index (χ0n) is 13.4. The van der Waals surface area contributed by atoms with Crippen LogP contribution in [-0.4, -0.2) is 28.1 Å². The van der Waals surface area contributed by atoms with Crippen LogP contribution in [0.15, 0.2) is 22.7 Å². The number of nitrogens with one attached hydrogen (secondary N) is 1. The highest BCUT2D eigenvalue weighted by Gasteiger charge is 2.36. The van der Waals surface area contributed by atoms with Crippen molar-refractivity contribution in [3.05, 3.63) is 41.1 Å². The number of hydrogen-bond donors (Lipinski definition) is 1. The monoisotopic (exact) mass is 301 g/mol. The third-order valence-electron chi connectivity index (χ3n) is 4.51. The minimum atomic E-state index is 0.123. The molecule has 2 aromatic heterocycles. The lowest BCUT2D eigenvalue weighted by Crippen LogP contribution is -2.26. The van der Waals surface area contributed by atoms with E-state index in [2.05, 4.69) is 23.2 Å². The molecule has 2 atom stereocenters. The summed E-state index contributed by atoms with van der Waals surface area (Å²) in [5.41, 5.74) is 2.06. The topological polar surface area (TPSA) is 62.1 Å². The van der Waals surface area contributed by atoms with Gasteiger partial charge in [0.2, 0.25) is 5.91 Å². The van der Waals surface area contributed by atoms with Crippen molar-refractivity contribution in [3.8, 4) is 0 Å². The Morgan fingerprint density at radius 1 is 1.50 bits per heavy atom. The lowest BCUT2D eigenvalue weighted by atomic mass is 10.2. The van der Waals surface area contributed by atoms with Crippen LogP contribution in [0.25, 0.3) is 0 Å². The molecule has 1 fully saturated rings. The fourth-order valence-corrected chi connectivity index (χ4v) is 2.75. The molecule has 118 valence electrons. The predicted molar refractivity (Wildman–Crippen MR) is 83.3 cm³/mol. The largest absolute Gasteiger partial charge is 0.466 e. The van der Waals surface area contributed by atoms with Crippen LogP contribution in [0.3, 0.4) is 0 Å². The molecule has 0 aliphatic heterocycles. The van der Waals surface area contributed by atoms with Crippen molar-refractivity contribution in [2.24, 2.45) is 5.92 Å². The van der Waals surface area contributed by atoms with Gasteiger partial charge in [0.15, 0.2) is 0 Å². The quantitative estimate of drug-likeness (QED) is 0.892. The first-order valence-corrected chi connectivity index (χ1v) is 7.86. The SMILES string of the molecule is Cc1[nH]ncc1CN(C)C(=O)CCc1ccc(C2CC2C)o1. The van der Waals surface area contributed by atoms with Crippen molar-refractivity contribution >= 4 is 5.91 Å². The first-order chi connectivity index (χ1) is 10.5. The number of rotatable bonds is 6. The zero-order valence-corrected chi connectivity index (χ0v) is 13.4. The van der Waals surface area contributed by atoms with E-state index in [-0.39, 0.29) is 5.91 Å². The summed E-state index contributed by atoms with van der Waals surface area (Å²) < 4.78 is 5.85. The summed E-state index contributed by atoms with van der Waals surface area (Å²) in [7, 11) is 1.83. The standard InChI is InChI=1S/C17H23N3O2/c1-11-8-15(11)16-6-4-14(22-16)5-7-17(21)20(3)10-13-9-18-19-12(13)2/h4,6,9,11,15H,5,7-8,10H2,1-3H3,(H,18,19). The minimum absolute atomic E-state index is 0.123. The molecule has 2 heterocycles. The molecule has 3 rings (SSSR count). The van der Waals surface area contributed by atoms with Gasteiger partial charge in [0.05, 0.1) is 6.20 Å². The molecular weight excluding hydrogens is 278 g/mol. The Morgan fingerprint density at radius 2 is 2.27 bits per heavy atom. The fraction of sp³-hybridized carbons (Fsp3) is 0.529. The molecule has 5 nitrogen and oxygen atoms in total. The molecule has 1 amide bonds. The third-order valence-corrected chi connectivity index (χ3v) is 4.51. The summed E-state index contributed by atoms with van der Waals surface area (Å²) in [5, 5.41) is 6.87. The Bertz CT molecular complexity index is 658. The molecule has 1 aliphatic carbocycles. The molecular formula is C17H23N3O2. The van der Waals surface area contributed by atoms with Crippen LogP contribution in [0, 0.1) is 12.8 Å². The van der Waals surface area contributed by atoms with Gasteiger partial charge < -0.3 is 9.32 Å². The molecule has 0 bridgehead atoms. The van der Waals surface area contributed by atoms with E-state index in [4.69, 9.17) is 4.42 Å². The van der Waals surface area contributed by atoms with Crippen molar-refractivity contribution in [2.45, 2.75) is 45.6 Å². The summed E-state index contributed by atoms with van der Waals surface area (Å²) in [6, 6.07) is 4.07. The molecule has 1 N–H and O–H groups in total. The van der Waals surface area contributed by atoms with Crippen molar-refractivity contribution in [1.29, 1.82) is 0 Å². The molecule has 1 saturated carbocycles. The number of aryl methyl sites for hydroxylation is 2. The number of aromatic nitrogens is 2. The van der Waals surface area contributed by atoms with E-state index in [9.17, 15) is 4.79 Å². The highest BCUT2D eigenvalue weighted by Crippen LogP contribution is 2.47. The Kier molecular flexibility index (Phi) is 4.05. The van der Waals surface area contributed by atoms with Gasteiger partial charge >= 0.3 is 0 Å². The first-order valence-electron chi connectivity index (χ1n) is 7.86. The Morgan fingerprint density at radius 3 is 2.91 bits per heavy atom. The number of carbonyl (C=O) groups is 1. The van der Waals surface area contributed by atoms with E-state index in [0.717, 1.165) is 28.7 Å². The second-order valence-corrected chi connectivity index (χ2v) is 6.39. The van der Waals surface area contributed by atoms with Crippen LogP contribution >= 0.6 is 0 Å². The van der Waals surface area contributed by atoms with Gasteiger partial charge in [-0.2, -0.15) is 5.10 Å². The normalized spacial score (nSPS) is 20.1. The number of nitrogens with zero attached hydrogens (tertiary/aromatic N) is 2. The molecule has 22 heavy (non-hydrogen) atoms. The molecule has 0 spiro atoms.